The second kappa shape index (κ2) is 9.47. The van der Waals surface area contributed by atoms with Crippen molar-refractivity contribution < 1.29 is 47.6 Å². The van der Waals surface area contributed by atoms with Gasteiger partial charge in [-0.25, -0.2) is 9.65 Å². The minimum Gasteiger partial charge on any atom is -0.462 e. The molecular weight excluding hydrogens is 416 g/mol. The lowest BCUT2D eigenvalue weighted by molar-refractivity contribution is -0.149. The van der Waals surface area contributed by atoms with E-state index in [2.05, 4.69) is 5.09 Å². The molecule has 1 fully saturated rings. The van der Waals surface area contributed by atoms with Gasteiger partial charge in [-0.1, -0.05) is 0 Å². The molecule has 29 heavy (non-hydrogen) atoms. The minimum absolute atomic E-state index is 0.0922. The van der Waals surface area contributed by atoms with Crippen LogP contribution in [0.2, 0.25) is 0 Å². The van der Waals surface area contributed by atoms with Gasteiger partial charge in [-0.3, -0.25) is 14.1 Å². The molecular formula is C15H25FN3O9P. The van der Waals surface area contributed by atoms with Gasteiger partial charge >= 0.3 is 13.7 Å². The van der Waals surface area contributed by atoms with Gasteiger partial charge in [-0.05, 0) is 20.8 Å². The first-order valence-electron chi connectivity index (χ1n) is 8.82. The number of aliphatic hydroxyl groups is 2. The summed E-state index contributed by atoms with van der Waals surface area (Å²) in [4.78, 5) is 33.7. The van der Waals surface area contributed by atoms with Gasteiger partial charge in [0.05, 0.1) is 18.8 Å². The Hall–Kier alpha value is -1.60. The first kappa shape index (κ1) is 23.7. The van der Waals surface area contributed by atoms with Crippen molar-refractivity contribution in [1.82, 2.24) is 15.3 Å². The van der Waals surface area contributed by atoms with Gasteiger partial charge in [0.15, 0.2) is 0 Å². The monoisotopic (exact) mass is 441 g/mol. The molecule has 0 aromatic carbocycles. The Morgan fingerprint density at radius 1 is 1.48 bits per heavy atom. The molecule has 0 radical (unpaired) electrons. The molecule has 166 valence electrons. The predicted octanol–water partition coefficient (Wildman–Crippen LogP) is -0.972. The summed E-state index contributed by atoms with van der Waals surface area (Å²) in [6.45, 7) is 4.04. The molecule has 2 aliphatic heterocycles. The van der Waals surface area contributed by atoms with Gasteiger partial charge in [-0.2, -0.15) is 4.39 Å². The summed E-state index contributed by atoms with van der Waals surface area (Å²) >= 11 is 0. The molecule has 0 saturated carbocycles. The number of hydrogen-bond donors (Lipinski definition) is 5. The number of amides is 1. The van der Waals surface area contributed by atoms with E-state index in [0.717, 1.165) is 11.1 Å². The standard InChI is InChI=1S/C15H25FN3O9P/c1-7(2)27-14(22)8(3)18-29(24,25)26-6-11-10(20)4-12(28-11)19-5-9(16)13(21)17-15(19)23/h5,7-8,10-12,15,20,23H,4,6H2,1-3H3,(H,17,21)(H2,18,24,25)/t8-,10?,11?,12?,15?/m0/s1. The lowest BCUT2D eigenvalue weighted by Crippen LogP contribution is -2.53. The fourth-order valence-corrected chi connectivity index (χ4v) is 3.67. The first-order chi connectivity index (χ1) is 13.4. The molecule has 1 saturated heterocycles. The Morgan fingerprint density at radius 2 is 2.14 bits per heavy atom. The summed E-state index contributed by atoms with van der Waals surface area (Å²) < 4.78 is 40.8. The molecule has 2 aliphatic rings. The van der Waals surface area contributed by atoms with Crippen LogP contribution in [0.15, 0.2) is 12.0 Å². The maximum Gasteiger partial charge on any atom is 0.403 e. The molecule has 0 aliphatic carbocycles. The Morgan fingerprint density at radius 3 is 2.76 bits per heavy atom. The molecule has 0 aromatic rings. The Labute approximate surface area is 166 Å². The quantitative estimate of drug-likeness (QED) is 0.232. The first-order valence-corrected chi connectivity index (χ1v) is 10.4. The van der Waals surface area contributed by atoms with Gasteiger partial charge in [0, 0.05) is 12.6 Å². The highest BCUT2D eigenvalue weighted by molar-refractivity contribution is 7.50. The van der Waals surface area contributed by atoms with Crippen molar-refractivity contribution in [3.63, 3.8) is 0 Å². The smallest absolute Gasteiger partial charge is 0.403 e. The summed E-state index contributed by atoms with van der Waals surface area (Å²) in [5.41, 5.74) is 0. The Kier molecular flexibility index (Phi) is 7.74. The van der Waals surface area contributed by atoms with Crippen LogP contribution in [0.25, 0.3) is 0 Å². The van der Waals surface area contributed by atoms with Crippen LogP contribution in [-0.2, 0) is 28.2 Å². The number of nitrogens with zero attached hydrogens (tertiary/aromatic N) is 1. The number of esters is 1. The summed E-state index contributed by atoms with van der Waals surface area (Å²) in [6.07, 6.45) is -4.59. The number of halogens is 1. The average molecular weight is 441 g/mol. The van der Waals surface area contributed by atoms with E-state index in [-0.39, 0.29) is 6.42 Å². The minimum atomic E-state index is -4.44. The molecule has 6 atom stereocenters. The third-order valence-corrected chi connectivity index (χ3v) is 5.25. The van der Waals surface area contributed by atoms with Crippen molar-refractivity contribution in [3.05, 3.63) is 12.0 Å². The van der Waals surface area contributed by atoms with Crippen LogP contribution in [0.1, 0.15) is 27.2 Å². The van der Waals surface area contributed by atoms with Crippen molar-refractivity contribution in [1.29, 1.82) is 0 Å². The largest absolute Gasteiger partial charge is 0.462 e. The van der Waals surface area contributed by atoms with E-state index in [4.69, 9.17) is 14.0 Å². The molecule has 14 heteroatoms. The number of carbonyl (C=O) groups is 2. The topological polar surface area (TPSA) is 167 Å². The summed E-state index contributed by atoms with van der Waals surface area (Å²) in [5.74, 6) is -2.99. The normalized spacial score (nSPS) is 30.6. The van der Waals surface area contributed by atoms with Crippen molar-refractivity contribution in [2.24, 2.45) is 0 Å². The van der Waals surface area contributed by atoms with E-state index in [1.807, 2.05) is 5.32 Å². The van der Waals surface area contributed by atoms with Crippen LogP contribution in [0, 0.1) is 0 Å². The molecule has 5 unspecified atom stereocenters. The van der Waals surface area contributed by atoms with Gasteiger partial charge < -0.3 is 34.8 Å². The fourth-order valence-electron chi connectivity index (χ4n) is 2.65. The molecule has 12 nitrogen and oxygen atoms in total. The van der Waals surface area contributed by atoms with E-state index in [1.165, 1.54) is 6.92 Å². The van der Waals surface area contributed by atoms with E-state index in [1.54, 1.807) is 13.8 Å². The van der Waals surface area contributed by atoms with Crippen molar-refractivity contribution >= 4 is 19.6 Å². The van der Waals surface area contributed by atoms with Gasteiger partial charge in [0.2, 0.25) is 12.2 Å². The molecule has 0 spiro atoms. The molecule has 2 rings (SSSR count). The lowest BCUT2D eigenvalue weighted by atomic mass is 10.2. The lowest BCUT2D eigenvalue weighted by Gasteiger charge is -2.34. The highest BCUT2D eigenvalue weighted by atomic mass is 31.2. The van der Waals surface area contributed by atoms with Crippen LogP contribution < -0.4 is 10.4 Å². The number of aliphatic hydroxyl groups excluding tert-OH is 2. The van der Waals surface area contributed by atoms with Crippen LogP contribution in [0.4, 0.5) is 4.39 Å². The summed E-state index contributed by atoms with van der Waals surface area (Å²) in [6, 6.07) is -1.13. The zero-order chi connectivity index (χ0) is 21.9. The highest BCUT2D eigenvalue weighted by Gasteiger charge is 2.42. The van der Waals surface area contributed by atoms with E-state index >= 15 is 0 Å². The van der Waals surface area contributed by atoms with Crippen LogP contribution in [0.5, 0.6) is 0 Å². The third kappa shape index (κ3) is 6.44. The van der Waals surface area contributed by atoms with Gasteiger partial charge in [0.1, 0.15) is 18.4 Å². The van der Waals surface area contributed by atoms with E-state index in [0.29, 0.717) is 0 Å². The number of rotatable bonds is 8. The maximum absolute atomic E-state index is 13.5. The zero-order valence-electron chi connectivity index (χ0n) is 16.0. The number of hydrogen-bond acceptors (Lipinski definition) is 9. The average Bonchev–Trinajstić information content (AvgIpc) is 2.96. The predicted molar refractivity (Wildman–Crippen MR) is 94.1 cm³/mol. The van der Waals surface area contributed by atoms with Crippen LogP contribution in [0.3, 0.4) is 0 Å². The molecule has 2 heterocycles. The van der Waals surface area contributed by atoms with E-state index in [9.17, 15) is 33.7 Å². The molecule has 0 bridgehead atoms. The molecule has 1 amide bonds. The van der Waals surface area contributed by atoms with Crippen molar-refractivity contribution in [2.75, 3.05) is 6.61 Å². The number of carbonyl (C=O) groups excluding carboxylic acids is 2. The summed E-state index contributed by atoms with van der Waals surface area (Å²) in [5, 5.41) is 24.0. The second-order valence-electron chi connectivity index (χ2n) is 6.86. The third-order valence-electron chi connectivity index (χ3n) is 4.03. The Balaban J connectivity index is 1.90. The van der Waals surface area contributed by atoms with Crippen molar-refractivity contribution in [2.45, 2.75) is 64.1 Å². The molecule has 5 N–H and O–H groups in total. The maximum atomic E-state index is 13.5. The highest BCUT2D eigenvalue weighted by Crippen LogP contribution is 2.39. The van der Waals surface area contributed by atoms with Gasteiger partial charge in [0.25, 0.3) is 5.91 Å². The van der Waals surface area contributed by atoms with Crippen LogP contribution >= 0.6 is 7.75 Å². The zero-order valence-corrected chi connectivity index (χ0v) is 16.9. The number of ether oxygens (including phenoxy) is 2. The van der Waals surface area contributed by atoms with E-state index < -0.39 is 69.0 Å². The SMILES string of the molecule is CC(C)OC(=O)[C@H](C)NP(=O)(O)OCC1OC(N2C=C(F)C(=O)NC2O)CC1O. The van der Waals surface area contributed by atoms with Crippen LogP contribution in [-0.4, -0.2) is 75.4 Å². The fraction of sp³-hybridized carbons (Fsp3) is 0.733. The van der Waals surface area contributed by atoms with Gasteiger partial charge in [-0.15, -0.1) is 0 Å². The molecule has 0 aromatic heterocycles. The Bertz CT molecular complexity index is 707. The second-order valence-corrected chi connectivity index (χ2v) is 8.41. The number of nitrogens with one attached hydrogen (secondary N) is 2. The summed E-state index contributed by atoms with van der Waals surface area (Å²) in [7, 11) is -4.44. The van der Waals surface area contributed by atoms with Crippen molar-refractivity contribution in [3.8, 4) is 0 Å².